The molecule has 0 aromatic heterocycles. The molecule has 0 bridgehead atoms. The van der Waals surface area contributed by atoms with E-state index in [2.05, 4.69) is 10.1 Å². The first-order valence-corrected chi connectivity index (χ1v) is 5.01. The molecule has 0 saturated carbocycles. The number of hydrogen-bond donors (Lipinski definition) is 1. The summed E-state index contributed by atoms with van der Waals surface area (Å²) in [5, 5.41) is 2.86. The van der Waals surface area contributed by atoms with E-state index in [0.717, 1.165) is 4.90 Å². The summed E-state index contributed by atoms with van der Waals surface area (Å²) >= 11 is 0. The molecule has 0 radical (unpaired) electrons. The second kappa shape index (κ2) is 5.35. The normalized spacial score (nSPS) is 16.6. The zero-order valence-corrected chi connectivity index (χ0v) is 9.21. The van der Waals surface area contributed by atoms with Crippen LogP contribution in [0.4, 0.5) is 13.2 Å². The van der Waals surface area contributed by atoms with Crippen LogP contribution in [-0.4, -0.2) is 55.7 Å². The van der Waals surface area contributed by atoms with Crippen molar-refractivity contribution in [2.24, 2.45) is 0 Å². The fourth-order valence-corrected chi connectivity index (χ4v) is 1.43. The number of rotatable bonds is 4. The van der Waals surface area contributed by atoms with Gasteiger partial charge in [-0.05, 0) is 0 Å². The third kappa shape index (κ3) is 3.88. The summed E-state index contributed by atoms with van der Waals surface area (Å²) in [5.41, 5.74) is 0. The number of nitrogens with zero attached hydrogens (tertiary/aromatic N) is 1. The Morgan fingerprint density at radius 1 is 1.41 bits per heavy atom. The molecule has 1 aliphatic heterocycles. The fourth-order valence-electron chi connectivity index (χ4n) is 1.43. The first kappa shape index (κ1) is 13.8. The number of methoxy groups -OCH3 is 1. The quantitative estimate of drug-likeness (QED) is 0.712. The average Bonchev–Trinajstić information content (AvgIpc) is 2.18. The van der Waals surface area contributed by atoms with Crippen molar-refractivity contribution in [3.05, 3.63) is 0 Å². The van der Waals surface area contributed by atoms with Gasteiger partial charge in [-0.3, -0.25) is 9.59 Å². The van der Waals surface area contributed by atoms with Crippen molar-refractivity contribution in [3.63, 3.8) is 0 Å². The van der Waals surface area contributed by atoms with E-state index in [1.165, 1.54) is 7.11 Å². The van der Waals surface area contributed by atoms with E-state index in [-0.39, 0.29) is 31.5 Å². The van der Waals surface area contributed by atoms with E-state index in [9.17, 15) is 22.8 Å². The van der Waals surface area contributed by atoms with Crippen molar-refractivity contribution >= 4 is 11.9 Å². The number of halogens is 3. The van der Waals surface area contributed by atoms with E-state index < -0.39 is 12.1 Å². The van der Waals surface area contributed by atoms with Crippen LogP contribution < -0.4 is 5.32 Å². The monoisotopic (exact) mass is 254 g/mol. The second-order valence-electron chi connectivity index (χ2n) is 3.69. The van der Waals surface area contributed by atoms with Crippen molar-refractivity contribution in [2.45, 2.75) is 18.6 Å². The average molecular weight is 254 g/mol. The van der Waals surface area contributed by atoms with Crippen LogP contribution in [-0.2, 0) is 14.3 Å². The van der Waals surface area contributed by atoms with Crippen LogP contribution in [0.15, 0.2) is 0 Å². The molecule has 0 unspecified atom stereocenters. The summed E-state index contributed by atoms with van der Waals surface area (Å²) in [6, 6.07) is -0.189. The van der Waals surface area contributed by atoms with Gasteiger partial charge in [0.05, 0.1) is 13.5 Å². The lowest BCUT2D eigenvalue weighted by molar-refractivity contribution is -0.190. The molecule has 1 rings (SSSR count). The Morgan fingerprint density at radius 2 is 2.00 bits per heavy atom. The molecule has 1 aliphatic rings. The Morgan fingerprint density at radius 3 is 2.47 bits per heavy atom. The van der Waals surface area contributed by atoms with Gasteiger partial charge < -0.3 is 15.0 Å². The maximum atomic E-state index is 12.0. The van der Waals surface area contributed by atoms with Gasteiger partial charge in [-0.2, -0.15) is 13.2 Å². The number of alkyl halides is 3. The molecular formula is C9H13F3N2O3. The molecule has 0 atom stereocenters. The van der Waals surface area contributed by atoms with Gasteiger partial charge in [0.2, 0.25) is 0 Å². The number of nitrogens with one attached hydrogen (secondary N) is 1. The van der Waals surface area contributed by atoms with Crippen LogP contribution in [0.2, 0.25) is 0 Å². The molecule has 5 nitrogen and oxygen atoms in total. The molecule has 98 valence electrons. The highest BCUT2D eigenvalue weighted by molar-refractivity contribution is 5.82. The second-order valence-corrected chi connectivity index (χ2v) is 3.69. The summed E-state index contributed by atoms with van der Waals surface area (Å²) in [5.74, 6) is -2.21. The van der Waals surface area contributed by atoms with E-state index >= 15 is 0 Å². The van der Waals surface area contributed by atoms with Crippen molar-refractivity contribution in [3.8, 4) is 0 Å². The number of carbonyl (C=O) groups excluding carboxylic acids is 2. The van der Waals surface area contributed by atoms with Gasteiger partial charge in [-0.1, -0.05) is 0 Å². The number of hydrogen-bond acceptors (Lipinski definition) is 4. The van der Waals surface area contributed by atoms with Crippen LogP contribution in [0, 0.1) is 0 Å². The van der Waals surface area contributed by atoms with E-state index in [1.807, 2.05) is 0 Å². The summed E-state index contributed by atoms with van der Waals surface area (Å²) in [6.07, 6.45) is -4.66. The maximum Gasteiger partial charge on any atom is 0.471 e. The Bertz CT molecular complexity index is 300. The number of esters is 1. The third-order valence-corrected chi connectivity index (χ3v) is 2.40. The van der Waals surface area contributed by atoms with Gasteiger partial charge in [0, 0.05) is 25.7 Å². The van der Waals surface area contributed by atoms with Gasteiger partial charge in [0.25, 0.3) is 0 Å². The molecule has 8 heteroatoms. The highest BCUT2D eigenvalue weighted by Gasteiger charge is 2.46. The summed E-state index contributed by atoms with van der Waals surface area (Å²) in [4.78, 5) is 22.2. The van der Waals surface area contributed by atoms with Gasteiger partial charge in [-0.25, -0.2) is 0 Å². The third-order valence-electron chi connectivity index (χ3n) is 2.40. The largest absolute Gasteiger partial charge is 0.471 e. The summed E-state index contributed by atoms with van der Waals surface area (Å²) < 4.78 is 40.3. The van der Waals surface area contributed by atoms with E-state index in [4.69, 9.17) is 0 Å². The van der Waals surface area contributed by atoms with Crippen LogP contribution in [0.5, 0.6) is 0 Å². The molecule has 0 aliphatic carbocycles. The topological polar surface area (TPSA) is 58.6 Å². The number of amides is 1. The molecule has 1 saturated heterocycles. The Labute approximate surface area is 95.9 Å². The SMILES string of the molecule is COC(=O)CCNC1CN(C(=O)C(F)(F)F)C1. The van der Waals surface area contributed by atoms with Gasteiger partial charge in [0.1, 0.15) is 0 Å². The zero-order valence-electron chi connectivity index (χ0n) is 9.21. The molecule has 17 heavy (non-hydrogen) atoms. The van der Waals surface area contributed by atoms with Crippen molar-refractivity contribution in [1.82, 2.24) is 10.2 Å². The number of carbonyl (C=O) groups is 2. The van der Waals surface area contributed by atoms with E-state index in [1.54, 1.807) is 0 Å². The first-order valence-electron chi connectivity index (χ1n) is 5.01. The lowest BCUT2D eigenvalue weighted by Crippen LogP contribution is -2.62. The predicted molar refractivity (Wildman–Crippen MR) is 51.1 cm³/mol. The van der Waals surface area contributed by atoms with Crippen molar-refractivity contribution in [1.29, 1.82) is 0 Å². The van der Waals surface area contributed by atoms with Gasteiger partial charge in [0.15, 0.2) is 0 Å². The minimum absolute atomic E-state index is 0.0134. The highest BCUT2D eigenvalue weighted by atomic mass is 19.4. The van der Waals surface area contributed by atoms with Crippen molar-refractivity contribution in [2.75, 3.05) is 26.7 Å². The minimum Gasteiger partial charge on any atom is -0.469 e. The maximum absolute atomic E-state index is 12.0. The lowest BCUT2D eigenvalue weighted by atomic mass is 10.1. The lowest BCUT2D eigenvalue weighted by Gasteiger charge is -2.39. The zero-order chi connectivity index (χ0) is 13.1. The molecule has 1 amide bonds. The van der Waals surface area contributed by atoms with Crippen LogP contribution in [0.1, 0.15) is 6.42 Å². The van der Waals surface area contributed by atoms with Crippen LogP contribution in [0.3, 0.4) is 0 Å². The Kier molecular flexibility index (Phi) is 4.33. The molecule has 0 spiro atoms. The molecule has 1 N–H and O–H groups in total. The summed E-state index contributed by atoms with van der Waals surface area (Å²) in [7, 11) is 1.26. The molecule has 0 aromatic carbocycles. The van der Waals surface area contributed by atoms with Gasteiger partial charge >= 0.3 is 18.1 Å². The molecule has 1 heterocycles. The van der Waals surface area contributed by atoms with Crippen molar-refractivity contribution < 1.29 is 27.5 Å². The fraction of sp³-hybridized carbons (Fsp3) is 0.778. The smallest absolute Gasteiger partial charge is 0.469 e. The van der Waals surface area contributed by atoms with Gasteiger partial charge in [-0.15, -0.1) is 0 Å². The molecular weight excluding hydrogens is 241 g/mol. The molecule has 0 aromatic rings. The Balaban J connectivity index is 2.16. The molecule has 1 fully saturated rings. The minimum atomic E-state index is -4.81. The number of ether oxygens (including phenoxy) is 1. The highest BCUT2D eigenvalue weighted by Crippen LogP contribution is 2.21. The van der Waals surface area contributed by atoms with Crippen LogP contribution >= 0.6 is 0 Å². The number of likely N-dealkylation sites (tertiary alicyclic amines) is 1. The first-order chi connectivity index (χ1) is 7.84. The summed E-state index contributed by atoms with van der Waals surface area (Å²) in [6.45, 7) is 0.352. The van der Waals surface area contributed by atoms with E-state index in [0.29, 0.717) is 6.54 Å². The predicted octanol–water partition coefficient (Wildman–Crippen LogP) is -0.0878. The Hall–Kier alpha value is -1.31. The standard InChI is InChI=1S/C9H13F3N2O3/c1-17-7(15)2-3-13-6-4-14(5-6)8(16)9(10,11)12/h6,13H,2-5H2,1H3. The van der Waals surface area contributed by atoms with Crippen LogP contribution in [0.25, 0.3) is 0 Å².